The van der Waals surface area contributed by atoms with Crippen molar-refractivity contribution in [3.63, 3.8) is 0 Å². The van der Waals surface area contributed by atoms with Gasteiger partial charge in [0.15, 0.2) is 0 Å². The maximum atomic E-state index is 12.2. The Labute approximate surface area is 208 Å². The van der Waals surface area contributed by atoms with Gasteiger partial charge in [0.05, 0.1) is 6.21 Å². The second kappa shape index (κ2) is 12.2. The zero-order chi connectivity index (χ0) is 24.5. The van der Waals surface area contributed by atoms with Crippen LogP contribution in [-0.4, -0.2) is 18.0 Å². The molecule has 176 valence electrons. The van der Waals surface area contributed by atoms with Gasteiger partial charge in [-0.05, 0) is 66.9 Å². The summed E-state index contributed by atoms with van der Waals surface area (Å²) in [4.78, 5) is 24.3. The van der Waals surface area contributed by atoms with Gasteiger partial charge in [0, 0.05) is 34.1 Å². The molecule has 0 aliphatic heterocycles. The highest BCUT2D eigenvalue weighted by atomic mass is 35.5. The van der Waals surface area contributed by atoms with E-state index in [2.05, 4.69) is 15.8 Å². The molecule has 6 nitrogen and oxygen atoms in total. The lowest BCUT2D eigenvalue weighted by molar-refractivity contribution is -0.124. The molecule has 0 fully saturated rings. The SMILES string of the molecule is Cc1cccc(NC(=O)CCC(=O)NN=Cc2cc(Cl)ccc2OCc2cccc(Cl)c2)c1C. The fraction of sp³-hybridized carbons (Fsp3) is 0.192. The van der Waals surface area contributed by atoms with Crippen LogP contribution in [0.2, 0.25) is 10.0 Å². The van der Waals surface area contributed by atoms with E-state index in [1.54, 1.807) is 24.3 Å². The second-order valence-corrected chi connectivity index (χ2v) is 8.56. The number of aryl methyl sites for hydroxylation is 1. The van der Waals surface area contributed by atoms with Crippen molar-refractivity contribution in [2.45, 2.75) is 33.3 Å². The van der Waals surface area contributed by atoms with Crippen molar-refractivity contribution in [3.8, 4) is 5.75 Å². The normalized spacial score (nSPS) is 10.8. The average molecular weight is 498 g/mol. The third-order valence-corrected chi connectivity index (χ3v) is 5.58. The van der Waals surface area contributed by atoms with E-state index in [0.717, 1.165) is 22.4 Å². The first-order valence-corrected chi connectivity index (χ1v) is 11.4. The Morgan fingerprint density at radius 3 is 2.47 bits per heavy atom. The van der Waals surface area contributed by atoms with Crippen LogP contribution < -0.4 is 15.5 Å². The minimum Gasteiger partial charge on any atom is -0.488 e. The van der Waals surface area contributed by atoms with Gasteiger partial charge < -0.3 is 10.1 Å². The van der Waals surface area contributed by atoms with Crippen LogP contribution in [0.25, 0.3) is 0 Å². The van der Waals surface area contributed by atoms with Gasteiger partial charge >= 0.3 is 0 Å². The van der Waals surface area contributed by atoms with Crippen molar-refractivity contribution < 1.29 is 14.3 Å². The number of hydrazone groups is 1. The van der Waals surface area contributed by atoms with Crippen molar-refractivity contribution in [3.05, 3.63) is 93.0 Å². The second-order valence-electron chi connectivity index (χ2n) is 7.69. The van der Waals surface area contributed by atoms with Crippen LogP contribution in [0.3, 0.4) is 0 Å². The molecule has 0 unspecified atom stereocenters. The molecule has 34 heavy (non-hydrogen) atoms. The molecule has 0 radical (unpaired) electrons. The Morgan fingerprint density at radius 2 is 1.68 bits per heavy atom. The molecule has 3 rings (SSSR count). The first-order valence-electron chi connectivity index (χ1n) is 10.7. The van der Waals surface area contributed by atoms with Crippen LogP contribution in [0.15, 0.2) is 65.8 Å². The Kier molecular flexibility index (Phi) is 9.08. The van der Waals surface area contributed by atoms with Crippen LogP contribution in [0.1, 0.15) is 35.1 Å². The Hall–Kier alpha value is -3.35. The number of carbonyl (C=O) groups excluding carboxylic acids is 2. The van der Waals surface area contributed by atoms with E-state index in [1.165, 1.54) is 6.21 Å². The third kappa shape index (κ3) is 7.61. The van der Waals surface area contributed by atoms with Crippen LogP contribution in [-0.2, 0) is 16.2 Å². The van der Waals surface area contributed by atoms with E-state index >= 15 is 0 Å². The quantitative estimate of drug-likeness (QED) is 0.278. The average Bonchev–Trinajstić information content (AvgIpc) is 2.80. The molecule has 0 aliphatic carbocycles. The van der Waals surface area contributed by atoms with Gasteiger partial charge in [-0.25, -0.2) is 5.43 Å². The molecule has 2 amide bonds. The summed E-state index contributed by atoms with van der Waals surface area (Å²) in [5, 5.41) is 7.95. The van der Waals surface area contributed by atoms with E-state index in [1.807, 2.05) is 50.2 Å². The van der Waals surface area contributed by atoms with Gasteiger partial charge in [0.25, 0.3) is 0 Å². The van der Waals surface area contributed by atoms with Crippen molar-refractivity contribution in [1.82, 2.24) is 5.43 Å². The predicted molar refractivity (Wildman–Crippen MR) is 137 cm³/mol. The predicted octanol–water partition coefficient (Wildman–Crippen LogP) is 6.06. The van der Waals surface area contributed by atoms with Gasteiger partial charge in [0.2, 0.25) is 11.8 Å². The van der Waals surface area contributed by atoms with Crippen LogP contribution in [0, 0.1) is 13.8 Å². The third-order valence-electron chi connectivity index (χ3n) is 5.11. The Balaban J connectivity index is 1.52. The van der Waals surface area contributed by atoms with Crippen LogP contribution >= 0.6 is 23.2 Å². The van der Waals surface area contributed by atoms with Crippen molar-refractivity contribution in [1.29, 1.82) is 0 Å². The van der Waals surface area contributed by atoms with E-state index in [-0.39, 0.29) is 24.7 Å². The molecule has 0 saturated heterocycles. The van der Waals surface area contributed by atoms with E-state index in [9.17, 15) is 9.59 Å². The molecule has 8 heteroatoms. The number of benzene rings is 3. The number of anilines is 1. The van der Waals surface area contributed by atoms with Gasteiger partial charge in [0.1, 0.15) is 12.4 Å². The number of rotatable bonds is 9. The fourth-order valence-electron chi connectivity index (χ4n) is 3.10. The van der Waals surface area contributed by atoms with Crippen molar-refractivity contribution in [2.24, 2.45) is 5.10 Å². The first kappa shape index (κ1) is 25.3. The van der Waals surface area contributed by atoms with Crippen molar-refractivity contribution in [2.75, 3.05) is 5.32 Å². The lowest BCUT2D eigenvalue weighted by Gasteiger charge is -2.10. The number of carbonyl (C=O) groups is 2. The summed E-state index contributed by atoms with van der Waals surface area (Å²) < 4.78 is 5.87. The lowest BCUT2D eigenvalue weighted by Crippen LogP contribution is -2.21. The number of nitrogens with one attached hydrogen (secondary N) is 2. The molecule has 3 aromatic carbocycles. The maximum Gasteiger partial charge on any atom is 0.240 e. The smallest absolute Gasteiger partial charge is 0.240 e. The number of ether oxygens (including phenoxy) is 1. The largest absolute Gasteiger partial charge is 0.488 e. The minimum atomic E-state index is -0.379. The summed E-state index contributed by atoms with van der Waals surface area (Å²) in [6.07, 6.45) is 1.49. The number of halogens is 2. The minimum absolute atomic E-state index is 0.00169. The molecule has 0 aliphatic rings. The molecule has 0 spiro atoms. The molecule has 0 saturated carbocycles. The zero-order valence-electron chi connectivity index (χ0n) is 18.9. The Morgan fingerprint density at radius 1 is 0.941 bits per heavy atom. The van der Waals surface area contributed by atoms with Crippen LogP contribution in [0.5, 0.6) is 5.75 Å². The molecule has 0 bridgehead atoms. The lowest BCUT2D eigenvalue weighted by atomic mass is 10.1. The van der Waals surface area contributed by atoms with Gasteiger partial charge in [-0.15, -0.1) is 0 Å². The molecule has 0 aromatic heterocycles. The molecular weight excluding hydrogens is 473 g/mol. The summed E-state index contributed by atoms with van der Waals surface area (Å²) in [6.45, 7) is 4.23. The highest BCUT2D eigenvalue weighted by Gasteiger charge is 2.09. The summed E-state index contributed by atoms with van der Waals surface area (Å²) in [6, 6.07) is 18.2. The maximum absolute atomic E-state index is 12.2. The molecule has 2 N–H and O–H groups in total. The Bertz CT molecular complexity index is 1210. The van der Waals surface area contributed by atoms with Crippen molar-refractivity contribution >= 4 is 46.9 Å². The molecular formula is C26H25Cl2N3O3. The summed E-state index contributed by atoms with van der Waals surface area (Å²) in [5.74, 6) is -0.0644. The number of hydrogen-bond donors (Lipinski definition) is 2. The number of nitrogens with zero attached hydrogens (tertiary/aromatic N) is 1. The molecule has 0 atom stereocenters. The van der Waals surface area contributed by atoms with Gasteiger partial charge in [-0.2, -0.15) is 5.10 Å². The fourth-order valence-corrected chi connectivity index (χ4v) is 3.49. The number of hydrogen-bond acceptors (Lipinski definition) is 4. The van der Waals surface area contributed by atoms with Gasteiger partial charge in [-0.1, -0.05) is 47.5 Å². The van der Waals surface area contributed by atoms with E-state index in [4.69, 9.17) is 27.9 Å². The van der Waals surface area contributed by atoms with E-state index < -0.39 is 0 Å². The zero-order valence-corrected chi connectivity index (χ0v) is 20.4. The summed E-state index contributed by atoms with van der Waals surface area (Å²) in [7, 11) is 0. The topological polar surface area (TPSA) is 79.8 Å². The van der Waals surface area contributed by atoms with E-state index in [0.29, 0.717) is 28.0 Å². The monoisotopic (exact) mass is 497 g/mol. The highest BCUT2D eigenvalue weighted by Crippen LogP contribution is 2.23. The number of amides is 2. The molecule has 3 aromatic rings. The standard InChI is InChI=1S/C26H25Cl2N3O3/c1-17-5-3-8-23(18(17)2)30-25(32)11-12-26(33)31-29-15-20-14-22(28)9-10-24(20)34-16-19-6-4-7-21(27)13-19/h3-10,13-15H,11-12,16H2,1-2H3,(H,30,32)(H,31,33). The molecule has 0 heterocycles. The summed E-state index contributed by atoms with van der Waals surface area (Å²) >= 11 is 12.1. The first-order chi connectivity index (χ1) is 16.3. The van der Waals surface area contributed by atoms with Crippen LogP contribution in [0.4, 0.5) is 5.69 Å². The highest BCUT2D eigenvalue weighted by molar-refractivity contribution is 6.31. The van der Waals surface area contributed by atoms with Gasteiger partial charge in [-0.3, -0.25) is 9.59 Å². The summed E-state index contributed by atoms with van der Waals surface area (Å²) in [5.41, 5.74) is 6.78.